The summed E-state index contributed by atoms with van der Waals surface area (Å²) in [5.74, 6) is -0.500. The first kappa shape index (κ1) is 23.3. The van der Waals surface area contributed by atoms with Gasteiger partial charge in [-0.05, 0) is 38.1 Å². The highest BCUT2D eigenvalue weighted by Gasteiger charge is 2.34. The molecule has 3 rings (SSSR count). The molecule has 168 valence electrons. The molecule has 0 atom stereocenters. The summed E-state index contributed by atoms with van der Waals surface area (Å²) in [4.78, 5) is 24.5. The van der Waals surface area contributed by atoms with Gasteiger partial charge in [0.25, 0.3) is 5.69 Å². The van der Waals surface area contributed by atoms with Gasteiger partial charge >= 0.3 is 6.18 Å². The number of benzene rings is 2. The van der Waals surface area contributed by atoms with Gasteiger partial charge in [-0.2, -0.15) is 18.3 Å². The van der Waals surface area contributed by atoms with E-state index < -0.39 is 22.7 Å². The molecule has 0 spiro atoms. The van der Waals surface area contributed by atoms with E-state index in [0.29, 0.717) is 4.90 Å². The highest BCUT2D eigenvalue weighted by molar-refractivity contribution is 7.99. The van der Waals surface area contributed by atoms with Gasteiger partial charge in [0.2, 0.25) is 5.91 Å². The van der Waals surface area contributed by atoms with Gasteiger partial charge in [0.1, 0.15) is 0 Å². The molecule has 1 N–H and O–H groups in total. The Labute approximate surface area is 185 Å². The van der Waals surface area contributed by atoms with Crippen LogP contribution in [0.3, 0.4) is 0 Å². The maximum Gasteiger partial charge on any atom is 0.435 e. The van der Waals surface area contributed by atoms with E-state index in [-0.39, 0.29) is 30.0 Å². The molecule has 0 saturated carbocycles. The van der Waals surface area contributed by atoms with E-state index in [0.717, 1.165) is 21.2 Å². The molecule has 1 amide bonds. The zero-order valence-corrected chi connectivity index (χ0v) is 18.0. The maximum atomic E-state index is 12.8. The van der Waals surface area contributed by atoms with Crippen LogP contribution < -0.4 is 5.32 Å². The van der Waals surface area contributed by atoms with Crippen molar-refractivity contribution < 1.29 is 22.9 Å². The number of nitrogens with zero attached hydrogens (tertiary/aromatic N) is 3. The molecular formula is C21H19F3N4O3S. The Bertz CT molecular complexity index is 1140. The molecule has 0 bridgehead atoms. The lowest BCUT2D eigenvalue weighted by Gasteiger charge is -2.09. The second-order valence-electron chi connectivity index (χ2n) is 7.08. The number of carbonyl (C=O) groups excluding carboxylic acids is 1. The fraction of sp³-hybridized carbons (Fsp3) is 0.238. The summed E-state index contributed by atoms with van der Waals surface area (Å²) in [6, 6.07) is 12.8. The average molecular weight is 464 g/mol. The third-order valence-electron chi connectivity index (χ3n) is 4.46. The number of aromatic nitrogens is 2. The van der Waals surface area contributed by atoms with Crippen molar-refractivity contribution >= 4 is 29.0 Å². The van der Waals surface area contributed by atoms with Crippen LogP contribution in [-0.4, -0.2) is 20.6 Å². The minimum atomic E-state index is -4.56. The molecule has 32 heavy (non-hydrogen) atoms. The van der Waals surface area contributed by atoms with Crippen molar-refractivity contribution in [1.82, 2.24) is 9.78 Å². The van der Waals surface area contributed by atoms with Gasteiger partial charge < -0.3 is 5.32 Å². The monoisotopic (exact) mass is 464 g/mol. The fourth-order valence-electron chi connectivity index (χ4n) is 2.87. The molecule has 0 aliphatic heterocycles. The molecule has 3 aromatic rings. The Balaban J connectivity index is 1.71. The van der Waals surface area contributed by atoms with Crippen molar-refractivity contribution in [3.8, 4) is 0 Å². The van der Waals surface area contributed by atoms with Crippen LogP contribution in [0.15, 0.2) is 58.3 Å². The fourth-order valence-corrected chi connectivity index (χ4v) is 3.78. The number of alkyl halides is 3. The number of carbonyl (C=O) groups is 1. The third kappa shape index (κ3) is 6.10. The average Bonchev–Trinajstić information content (AvgIpc) is 3.09. The van der Waals surface area contributed by atoms with Crippen molar-refractivity contribution in [2.45, 2.75) is 42.8 Å². The Hall–Kier alpha value is -3.34. The Morgan fingerprint density at radius 3 is 2.41 bits per heavy atom. The van der Waals surface area contributed by atoms with Crippen molar-refractivity contribution in [2.75, 3.05) is 5.32 Å². The second kappa shape index (κ2) is 9.43. The van der Waals surface area contributed by atoms with E-state index in [4.69, 9.17) is 0 Å². The smallest absolute Gasteiger partial charge is 0.326 e. The standard InChI is InChI=1S/C21H19F3N4O3S/c1-13-3-5-17(6-4-13)32-18-11-15(10-16(12-18)28(30)31)25-20(29)7-8-27-14(2)9-19(26-27)21(22,23)24/h3-6,9-12H,7-8H2,1-2H3,(H,25,29). The molecule has 0 radical (unpaired) electrons. The van der Waals surface area contributed by atoms with E-state index in [9.17, 15) is 28.1 Å². The van der Waals surface area contributed by atoms with Crippen LogP contribution in [-0.2, 0) is 17.5 Å². The van der Waals surface area contributed by atoms with Crippen LogP contribution >= 0.6 is 11.8 Å². The molecule has 1 heterocycles. The van der Waals surface area contributed by atoms with Gasteiger partial charge in [-0.25, -0.2) is 0 Å². The van der Waals surface area contributed by atoms with Gasteiger partial charge in [-0.1, -0.05) is 29.5 Å². The Morgan fingerprint density at radius 2 is 1.81 bits per heavy atom. The number of aryl methyl sites for hydroxylation is 3. The first-order valence-electron chi connectivity index (χ1n) is 9.47. The number of nitro groups is 1. The summed E-state index contributed by atoms with van der Waals surface area (Å²) >= 11 is 1.31. The predicted molar refractivity (Wildman–Crippen MR) is 114 cm³/mol. The number of rotatable bonds is 7. The van der Waals surface area contributed by atoms with Gasteiger partial charge in [0.15, 0.2) is 5.69 Å². The number of halogens is 3. The third-order valence-corrected chi connectivity index (χ3v) is 5.44. The van der Waals surface area contributed by atoms with E-state index in [2.05, 4.69) is 10.4 Å². The lowest BCUT2D eigenvalue weighted by atomic mass is 10.2. The molecule has 0 aliphatic carbocycles. The lowest BCUT2D eigenvalue weighted by molar-refractivity contribution is -0.385. The first-order chi connectivity index (χ1) is 15.0. The molecule has 1 aromatic heterocycles. The van der Waals surface area contributed by atoms with Gasteiger partial charge in [-0.15, -0.1) is 0 Å². The van der Waals surface area contributed by atoms with Gasteiger partial charge in [0, 0.05) is 46.3 Å². The van der Waals surface area contributed by atoms with Crippen LogP contribution in [0.4, 0.5) is 24.5 Å². The minimum absolute atomic E-state index is 0.0619. The highest BCUT2D eigenvalue weighted by Crippen LogP contribution is 2.33. The summed E-state index contributed by atoms with van der Waals surface area (Å²) in [6.07, 6.45) is -4.71. The topological polar surface area (TPSA) is 90.1 Å². The lowest BCUT2D eigenvalue weighted by Crippen LogP contribution is -2.16. The summed E-state index contributed by atoms with van der Waals surface area (Å²) < 4.78 is 39.4. The SMILES string of the molecule is Cc1ccc(Sc2cc(NC(=O)CCn3nc(C(F)(F)F)cc3C)cc([N+](=O)[O-])c2)cc1. The second-order valence-corrected chi connectivity index (χ2v) is 8.22. The van der Waals surface area contributed by atoms with E-state index >= 15 is 0 Å². The van der Waals surface area contributed by atoms with Crippen LogP contribution in [0.5, 0.6) is 0 Å². The summed E-state index contributed by atoms with van der Waals surface area (Å²) in [5, 5.41) is 17.4. The predicted octanol–water partition coefficient (Wildman–Crippen LogP) is 5.61. The van der Waals surface area contributed by atoms with Crippen LogP contribution in [0, 0.1) is 24.0 Å². The molecule has 0 saturated heterocycles. The van der Waals surface area contributed by atoms with Gasteiger partial charge in [-0.3, -0.25) is 19.6 Å². The molecular weight excluding hydrogens is 445 g/mol. The Morgan fingerprint density at radius 1 is 1.12 bits per heavy atom. The molecule has 0 fully saturated rings. The molecule has 11 heteroatoms. The number of hydrogen-bond donors (Lipinski definition) is 1. The minimum Gasteiger partial charge on any atom is -0.326 e. The van der Waals surface area contributed by atoms with Crippen molar-refractivity contribution in [1.29, 1.82) is 0 Å². The highest BCUT2D eigenvalue weighted by atomic mass is 32.2. The maximum absolute atomic E-state index is 12.8. The normalized spacial score (nSPS) is 11.4. The first-order valence-corrected chi connectivity index (χ1v) is 10.3. The number of hydrogen-bond acceptors (Lipinski definition) is 5. The number of non-ortho nitro benzene ring substituents is 1. The zero-order valence-electron chi connectivity index (χ0n) is 17.1. The molecule has 0 aliphatic rings. The van der Waals surface area contributed by atoms with E-state index in [1.54, 1.807) is 6.07 Å². The van der Waals surface area contributed by atoms with Crippen molar-refractivity contribution in [3.05, 3.63) is 75.6 Å². The quantitative estimate of drug-likeness (QED) is 0.363. The van der Waals surface area contributed by atoms with E-state index in [1.165, 1.54) is 30.8 Å². The Kier molecular flexibility index (Phi) is 6.87. The van der Waals surface area contributed by atoms with Crippen molar-refractivity contribution in [3.63, 3.8) is 0 Å². The van der Waals surface area contributed by atoms with Crippen LogP contribution in [0.25, 0.3) is 0 Å². The van der Waals surface area contributed by atoms with Gasteiger partial charge in [0.05, 0.1) is 4.92 Å². The largest absolute Gasteiger partial charge is 0.435 e. The molecule has 0 unspecified atom stereocenters. The molecule has 2 aromatic carbocycles. The number of amides is 1. The van der Waals surface area contributed by atoms with Crippen LogP contribution in [0.1, 0.15) is 23.4 Å². The van der Waals surface area contributed by atoms with Crippen molar-refractivity contribution in [2.24, 2.45) is 0 Å². The number of anilines is 1. The summed E-state index contributed by atoms with van der Waals surface area (Å²) in [7, 11) is 0. The summed E-state index contributed by atoms with van der Waals surface area (Å²) in [5.41, 5.74) is 0.377. The zero-order chi connectivity index (χ0) is 23.5. The number of nitro benzene ring substituents is 1. The van der Waals surface area contributed by atoms with E-state index in [1.807, 2.05) is 31.2 Å². The molecule has 7 nitrogen and oxygen atoms in total. The van der Waals surface area contributed by atoms with Crippen LogP contribution in [0.2, 0.25) is 0 Å². The summed E-state index contributed by atoms with van der Waals surface area (Å²) in [6.45, 7) is 3.35. The number of nitrogens with one attached hydrogen (secondary N) is 1.